The van der Waals surface area contributed by atoms with Crippen LogP contribution < -0.4 is 9.05 Å². The zero-order valence-electron chi connectivity index (χ0n) is 13.1. The highest BCUT2D eigenvalue weighted by atomic mass is 35.5. The maximum atomic E-state index is 13.2. The molecule has 14 heteroatoms. The molecule has 0 bridgehead atoms. The van der Waals surface area contributed by atoms with Gasteiger partial charge in [0.1, 0.15) is 10.0 Å². The van der Waals surface area contributed by atoms with Gasteiger partial charge in [0.05, 0.1) is 36.7 Å². The monoisotopic (exact) mass is 584 g/mol. The van der Waals surface area contributed by atoms with Crippen LogP contribution in [0.25, 0.3) is 0 Å². The molecule has 0 radical (unpaired) electrons. The number of phosphoric ester groups is 1. The van der Waals surface area contributed by atoms with E-state index in [-0.39, 0.29) is 64.2 Å². The molecule has 0 aromatic heterocycles. The molecule has 154 valence electrons. The van der Waals surface area contributed by atoms with Crippen LogP contribution in [0.2, 0.25) is 40.2 Å². The second kappa shape index (κ2) is 10.4. The minimum atomic E-state index is -4.48. The van der Waals surface area contributed by atoms with Crippen molar-refractivity contribution < 1.29 is 18.1 Å². The number of hydrogen-bond donors (Lipinski definition) is 0. The van der Waals surface area contributed by atoms with E-state index in [1.165, 1.54) is 12.1 Å². The minimum absolute atomic E-state index is 0.0393. The van der Waals surface area contributed by atoms with Gasteiger partial charge in [-0.2, -0.15) is 0 Å². The maximum absolute atomic E-state index is 13.2. The lowest BCUT2D eigenvalue weighted by atomic mass is 10.3. The third-order valence-corrected chi connectivity index (χ3v) is 7.39. The van der Waals surface area contributed by atoms with Crippen molar-refractivity contribution in [1.82, 2.24) is 0 Å². The molecule has 0 fully saturated rings. The van der Waals surface area contributed by atoms with Crippen LogP contribution in [0.5, 0.6) is 11.5 Å². The van der Waals surface area contributed by atoms with Gasteiger partial charge in [0.25, 0.3) is 0 Å². The molecule has 0 heterocycles. The third kappa shape index (κ3) is 5.75. The first-order chi connectivity index (χ1) is 13.0. The molecule has 28 heavy (non-hydrogen) atoms. The molecule has 0 saturated heterocycles. The Bertz CT molecular complexity index is 884. The number of alkyl halides is 1. The quantitative estimate of drug-likeness (QED) is 0.140. The van der Waals surface area contributed by atoms with Crippen LogP contribution in [-0.4, -0.2) is 12.5 Å². The van der Waals surface area contributed by atoms with Crippen LogP contribution in [0.4, 0.5) is 0 Å². The summed E-state index contributed by atoms with van der Waals surface area (Å²) in [6, 6.07) is 2.47. The summed E-state index contributed by atoms with van der Waals surface area (Å²) in [5, 5.41) is -0.718. The van der Waals surface area contributed by atoms with E-state index in [0.717, 1.165) is 0 Å². The van der Waals surface area contributed by atoms with Crippen LogP contribution in [0.3, 0.4) is 0 Å². The highest BCUT2D eigenvalue weighted by Crippen LogP contribution is 2.57. The zero-order chi connectivity index (χ0) is 21.2. The lowest BCUT2D eigenvalue weighted by Gasteiger charge is -2.21. The zero-order valence-corrected chi connectivity index (χ0v) is 20.7. The lowest BCUT2D eigenvalue weighted by Crippen LogP contribution is -2.08. The molecule has 0 aliphatic heterocycles. The second-order valence-corrected chi connectivity index (χ2v) is 9.78. The number of halogens is 9. The number of phosphoric acid groups is 1. The molecule has 0 spiro atoms. The third-order valence-electron chi connectivity index (χ3n) is 2.88. The number of rotatable bonds is 7. The van der Waals surface area contributed by atoms with Gasteiger partial charge in [-0.15, -0.1) is 11.6 Å². The first-order valence-corrected chi connectivity index (χ1v) is 11.9. The van der Waals surface area contributed by atoms with Gasteiger partial charge < -0.3 is 9.05 Å². The van der Waals surface area contributed by atoms with Crippen LogP contribution >= 0.6 is 112 Å². The van der Waals surface area contributed by atoms with Gasteiger partial charge in [-0.05, 0) is 12.1 Å². The highest BCUT2D eigenvalue weighted by molar-refractivity contribution is 7.49. The molecule has 0 saturated carbocycles. The van der Waals surface area contributed by atoms with Crippen molar-refractivity contribution in [2.24, 2.45) is 0 Å². The van der Waals surface area contributed by atoms with Crippen molar-refractivity contribution >= 4 is 112 Å². The fourth-order valence-electron chi connectivity index (χ4n) is 1.71. The molecule has 4 nitrogen and oxygen atoms in total. The Morgan fingerprint density at radius 2 is 1.07 bits per heavy atom. The Labute approximate surface area is 205 Å². The number of benzene rings is 2. The fraction of sp³-hybridized carbons (Fsp3) is 0.143. The molecule has 0 unspecified atom stereocenters. The normalized spacial score (nSPS) is 11.6. The second-order valence-electron chi connectivity index (χ2n) is 4.75. The smallest absolute Gasteiger partial charge is 0.392 e. The van der Waals surface area contributed by atoms with Gasteiger partial charge in [-0.25, -0.2) is 4.57 Å². The molecule has 2 aromatic rings. The van der Waals surface area contributed by atoms with E-state index in [1.54, 1.807) is 0 Å². The average Bonchev–Trinajstić information content (AvgIpc) is 2.64. The summed E-state index contributed by atoms with van der Waals surface area (Å²) in [6.07, 6.45) is 0. The van der Waals surface area contributed by atoms with Crippen molar-refractivity contribution in [2.45, 2.75) is 0 Å². The largest absolute Gasteiger partial charge is 0.587 e. The summed E-state index contributed by atoms with van der Waals surface area (Å²) in [7, 11) is -4.48. The Kier molecular flexibility index (Phi) is 9.36. The van der Waals surface area contributed by atoms with Crippen LogP contribution in [0.15, 0.2) is 12.1 Å². The molecule has 0 aliphatic rings. The van der Waals surface area contributed by atoms with Crippen molar-refractivity contribution in [1.29, 1.82) is 0 Å². The standard InChI is InChI=1S/C14H6Cl9O4P/c15-1-2-25-28(24,26-13-7(18)3-5(16)9(20)11(13)22)27-14-8(19)4-6(17)10(21)12(14)23/h3-4H,1-2H2. The van der Waals surface area contributed by atoms with Gasteiger partial charge in [0.2, 0.25) is 0 Å². The van der Waals surface area contributed by atoms with E-state index < -0.39 is 7.82 Å². The Morgan fingerprint density at radius 1 is 0.679 bits per heavy atom. The summed E-state index contributed by atoms with van der Waals surface area (Å²) < 4.78 is 29.0. The molecule has 0 atom stereocenters. The maximum Gasteiger partial charge on any atom is 0.587 e. The molecular formula is C14H6Cl9O4P. The van der Waals surface area contributed by atoms with E-state index in [1.807, 2.05) is 0 Å². The van der Waals surface area contributed by atoms with Gasteiger partial charge in [0, 0.05) is 5.88 Å². The van der Waals surface area contributed by atoms with Gasteiger partial charge in [-0.3, -0.25) is 4.52 Å². The van der Waals surface area contributed by atoms with Crippen molar-refractivity contribution in [2.75, 3.05) is 12.5 Å². The molecule has 0 N–H and O–H groups in total. The summed E-state index contributed by atoms with van der Waals surface area (Å²) in [5.74, 6) is -0.645. The first kappa shape index (κ1) is 25.1. The van der Waals surface area contributed by atoms with E-state index in [0.29, 0.717) is 0 Å². The summed E-state index contributed by atoms with van der Waals surface area (Å²) in [4.78, 5) is 0. The molecule has 0 aliphatic carbocycles. The van der Waals surface area contributed by atoms with Crippen molar-refractivity contribution in [3.8, 4) is 11.5 Å². The average molecular weight is 588 g/mol. The van der Waals surface area contributed by atoms with E-state index in [2.05, 4.69) is 0 Å². The predicted octanol–water partition coefficient (Wildman–Crippen LogP) is 9.74. The van der Waals surface area contributed by atoms with E-state index in [4.69, 9.17) is 118 Å². The van der Waals surface area contributed by atoms with Gasteiger partial charge in [0.15, 0.2) is 11.5 Å². The van der Waals surface area contributed by atoms with Crippen molar-refractivity contribution in [3.05, 3.63) is 52.3 Å². The van der Waals surface area contributed by atoms with Crippen LogP contribution in [0, 0.1) is 0 Å². The minimum Gasteiger partial charge on any atom is -0.392 e. The van der Waals surface area contributed by atoms with Crippen LogP contribution in [-0.2, 0) is 9.09 Å². The first-order valence-electron chi connectivity index (χ1n) is 6.86. The summed E-state index contributed by atoms with van der Waals surface area (Å²) >= 11 is 53.6. The van der Waals surface area contributed by atoms with Gasteiger partial charge >= 0.3 is 7.82 Å². The molecule has 0 amide bonds. The topological polar surface area (TPSA) is 44.8 Å². The Morgan fingerprint density at radius 3 is 1.43 bits per heavy atom. The van der Waals surface area contributed by atoms with Gasteiger partial charge in [-0.1, -0.05) is 92.8 Å². The van der Waals surface area contributed by atoms with Crippen LogP contribution in [0.1, 0.15) is 0 Å². The summed E-state index contributed by atoms with van der Waals surface area (Å²) in [5.41, 5.74) is 0. The van der Waals surface area contributed by atoms with Crippen molar-refractivity contribution in [3.63, 3.8) is 0 Å². The lowest BCUT2D eigenvalue weighted by molar-refractivity contribution is 0.221. The molecular weight excluding hydrogens is 582 g/mol. The van der Waals surface area contributed by atoms with E-state index >= 15 is 0 Å². The Balaban J connectivity index is 2.51. The van der Waals surface area contributed by atoms with E-state index in [9.17, 15) is 4.57 Å². The Hall–Kier alpha value is 0.840. The fourth-order valence-corrected chi connectivity index (χ4v) is 5.35. The predicted molar refractivity (Wildman–Crippen MR) is 118 cm³/mol. The molecule has 2 rings (SSSR count). The molecule has 2 aromatic carbocycles. The number of hydrogen-bond acceptors (Lipinski definition) is 4. The summed E-state index contributed by atoms with van der Waals surface area (Å²) in [6.45, 7) is -0.230. The SMILES string of the molecule is O=P(OCCCl)(Oc1c(Cl)cc(Cl)c(Cl)c1Cl)Oc1c(Cl)cc(Cl)c(Cl)c1Cl. The highest BCUT2D eigenvalue weighted by Gasteiger charge is 2.35.